The second-order valence-corrected chi connectivity index (χ2v) is 6.11. The van der Waals surface area contributed by atoms with E-state index in [4.69, 9.17) is 5.73 Å². The molecule has 1 amide bonds. The van der Waals surface area contributed by atoms with E-state index in [1.807, 2.05) is 20.8 Å². The second kappa shape index (κ2) is 5.66. The van der Waals surface area contributed by atoms with Gasteiger partial charge in [0.15, 0.2) is 0 Å². The molecule has 0 radical (unpaired) electrons. The van der Waals surface area contributed by atoms with E-state index in [1.165, 1.54) is 18.2 Å². The fourth-order valence-corrected chi connectivity index (χ4v) is 1.87. The Morgan fingerprint density at radius 1 is 1.47 bits per heavy atom. The first-order valence-corrected chi connectivity index (χ1v) is 6.42. The maximum atomic E-state index is 11.9. The molecule has 0 heterocycles. The number of nitro groups is 1. The van der Waals surface area contributed by atoms with Crippen molar-refractivity contribution in [1.29, 1.82) is 0 Å². The van der Waals surface area contributed by atoms with Gasteiger partial charge in [-0.2, -0.15) is 0 Å². The summed E-state index contributed by atoms with van der Waals surface area (Å²) in [4.78, 5) is 22.1. The maximum absolute atomic E-state index is 11.9. The van der Waals surface area contributed by atoms with Crippen LogP contribution in [-0.2, 0) is 4.79 Å². The van der Waals surface area contributed by atoms with E-state index in [0.717, 1.165) is 0 Å². The second-order valence-electron chi connectivity index (χ2n) is 5.26. The van der Waals surface area contributed by atoms with Gasteiger partial charge in [0, 0.05) is 11.8 Å². The maximum Gasteiger partial charge on any atom is 0.283 e. The van der Waals surface area contributed by atoms with Crippen LogP contribution in [0.4, 0.5) is 11.4 Å². The minimum Gasteiger partial charge on any atom is -0.325 e. The van der Waals surface area contributed by atoms with Gasteiger partial charge >= 0.3 is 0 Å². The first-order chi connectivity index (χ1) is 8.62. The molecule has 3 N–H and O–H groups in total. The number of amides is 1. The number of hydrogen-bond acceptors (Lipinski definition) is 4. The lowest BCUT2D eigenvalue weighted by Gasteiger charge is -2.25. The summed E-state index contributed by atoms with van der Waals surface area (Å²) in [6.07, 6.45) is 0. The number of rotatable bonds is 3. The van der Waals surface area contributed by atoms with E-state index >= 15 is 0 Å². The molecule has 1 rings (SSSR count). The van der Waals surface area contributed by atoms with Crippen LogP contribution in [0.2, 0.25) is 0 Å². The van der Waals surface area contributed by atoms with Crippen LogP contribution in [0.25, 0.3) is 0 Å². The van der Waals surface area contributed by atoms with Gasteiger partial charge in [-0.25, -0.2) is 0 Å². The van der Waals surface area contributed by atoms with Crippen molar-refractivity contribution >= 4 is 33.2 Å². The molecule has 0 saturated carbocycles. The van der Waals surface area contributed by atoms with E-state index in [1.54, 1.807) is 0 Å². The van der Waals surface area contributed by atoms with E-state index in [9.17, 15) is 14.9 Å². The van der Waals surface area contributed by atoms with Gasteiger partial charge in [0.1, 0.15) is 0 Å². The quantitative estimate of drug-likeness (QED) is 0.657. The number of hydrogen-bond donors (Lipinski definition) is 2. The molecule has 0 aliphatic rings. The Hall–Kier alpha value is -1.47. The Balaban J connectivity index is 2.87. The van der Waals surface area contributed by atoms with Crippen molar-refractivity contribution in [2.24, 2.45) is 11.1 Å². The topological polar surface area (TPSA) is 98.3 Å². The highest BCUT2D eigenvalue weighted by molar-refractivity contribution is 9.10. The Labute approximate surface area is 119 Å². The lowest BCUT2D eigenvalue weighted by Crippen LogP contribution is -2.45. The molecule has 0 aromatic heterocycles. The number of carbonyl (C=O) groups is 1. The van der Waals surface area contributed by atoms with Gasteiger partial charge in [0.2, 0.25) is 5.91 Å². The molecule has 0 saturated heterocycles. The predicted octanol–water partition coefficient (Wildman–Crippen LogP) is 2.67. The zero-order chi connectivity index (χ0) is 14.8. The largest absolute Gasteiger partial charge is 0.325 e. The van der Waals surface area contributed by atoms with Crippen LogP contribution < -0.4 is 11.1 Å². The van der Waals surface area contributed by atoms with Gasteiger partial charge in [-0.05, 0) is 33.5 Å². The van der Waals surface area contributed by atoms with Gasteiger partial charge in [0.25, 0.3) is 5.69 Å². The Morgan fingerprint density at radius 2 is 2.05 bits per heavy atom. The molecule has 1 aromatic carbocycles. The van der Waals surface area contributed by atoms with Crippen LogP contribution in [0.1, 0.15) is 20.8 Å². The smallest absolute Gasteiger partial charge is 0.283 e. The van der Waals surface area contributed by atoms with Gasteiger partial charge in [-0.3, -0.25) is 14.9 Å². The normalized spacial score (nSPS) is 12.9. The zero-order valence-electron chi connectivity index (χ0n) is 10.9. The number of nitrogens with zero attached hydrogens (tertiary/aromatic N) is 1. The lowest BCUT2D eigenvalue weighted by atomic mass is 9.87. The third-order valence-electron chi connectivity index (χ3n) is 2.63. The molecule has 0 aliphatic carbocycles. The lowest BCUT2D eigenvalue weighted by molar-refractivity contribution is -0.385. The molecule has 0 unspecified atom stereocenters. The van der Waals surface area contributed by atoms with Gasteiger partial charge in [0.05, 0.1) is 15.4 Å². The van der Waals surface area contributed by atoms with Crippen LogP contribution >= 0.6 is 15.9 Å². The van der Waals surface area contributed by atoms with Crippen molar-refractivity contribution < 1.29 is 9.72 Å². The van der Waals surface area contributed by atoms with Crippen LogP contribution in [0.3, 0.4) is 0 Å². The molecule has 0 bridgehead atoms. The molecule has 1 atom stereocenters. The van der Waals surface area contributed by atoms with Crippen molar-refractivity contribution in [3.8, 4) is 0 Å². The molecule has 0 fully saturated rings. The van der Waals surface area contributed by atoms with Crippen molar-refractivity contribution in [2.45, 2.75) is 26.8 Å². The number of benzene rings is 1. The average Bonchev–Trinajstić information content (AvgIpc) is 2.26. The van der Waals surface area contributed by atoms with E-state index in [0.29, 0.717) is 10.2 Å². The van der Waals surface area contributed by atoms with E-state index in [2.05, 4.69) is 21.2 Å². The fourth-order valence-electron chi connectivity index (χ4n) is 1.35. The highest BCUT2D eigenvalue weighted by atomic mass is 79.9. The van der Waals surface area contributed by atoms with Gasteiger partial charge in [-0.15, -0.1) is 0 Å². The average molecular weight is 330 g/mol. The highest BCUT2D eigenvalue weighted by Crippen LogP contribution is 2.28. The summed E-state index contributed by atoms with van der Waals surface area (Å²) in [5.74, 6) is -0.326. The van der Waals surface area contributed by atoms with Crippen LogP contribution in [-0.4, -0.2) is 16.9 Å². The minimum absolute atomic E-state index is 0.0573. The molecule has 7 heteroatoms. The van der Waals surface area contributed by atoms with Crippen molar-refractivity contribution in [3.63, 3.8) is 0 Å². The Morgan fingerprint density at radius 3 is 2.47 bits per heavy atom. The third-order valence-corrected chi connectivity index (χ3v) is 3.26. The summed E-state index contributed by atoms with van der Waals surface area (Å²) < 4.78 is 0.305. The van der Waals surface area contributed by atoms with Crippen molar-refractivity contribution in [2.75, 3.05) is 5.32 Å². The summed E-state index contributed by atoms with van der Waals surface area (Å²) in [5.41, 5.74) is 5.87. The first-order valence-electron chi connectivity index (χ1n) is 5.63. The van der Waals surface area contributed by atoms with Gasteiger partial charge < -0.3 is 11.1 Å². The monoisotopic (exact) mass is 329 g/mol. The van der Waals surface area contributed by atoms with Crippen molar-refractivity contribution in [3.05, 3.63) is 32.8 Å². The van der Waals surface area contributed by atoms with Crippen LogP contribution in [0.15, 0.2) is 22.7 Å². The molecule has 19 heavy (non-hydrogen) atoms. The number of halogens is 1. The van der Waals surface area contributed by atoms with Crippen LogP contribution in [0, 0.1) is 15.5 Å². The molecule has 0 spiro atoms. The Bertz CT molecular complexity index is 511. The third kappa shape index (κ3) is 4.00. The SMILES string of the molecule is CC(C)(C)[C@H](N)C(=O)Nc1ccc([N+](=O)[O-])c(Br)c1. The minimum atomic E-state index is -0.665. The molecule has 6 nitrogen and oxygen atoms in total. The van der Waals surface area contributed by atoms with E-state index in [-0.39, 0.29) is 17.0 Å². The van der Waals surface area contributed by atoms with E-state index < -0.39 is 11.0 Å². The molecule has 0 aliphatic heterocycles. The molecule has 104 valence electrons. The summed E-state index contributed by atoms with van der Waals surface area (Å²) in [6, 6.07) is 3.60. The number of anilines is 1. The number of carbonyl (C=O) groups excluding carboxylic acids is 1. The zero-order valence-corrected chi connectivity index (χ0v) is 12.5. The highest BCUT2D eigenvalue weighted by Gasteiger charge is 2.27. The molecular weight excluding hydrogens is 314 g/mol. The predicted molar refractivity (Wildman–Crippen MR) is 76.9 cm³/mol. The fraction of sp³-hybridized carbons (Fsp3) is 0.417. The number of nitrogens with two attached hydrogens (primary N) is 1. The van der Waals surface area contributed by atoms with Crippen molar-refractivity contribution in [1.82, 2.24) is 0 Å². The van der Waals surface area contributed by atoms with Gasteiger partial charge in [-0.1, -0.05) is 20.8 Å². The molecule has 1 aromatic rings. The molecular formula is C12H16BrN3O3. The summed E-state index contributed by atoms with van der Waals surface area (Å²) >= 11 is 3.09. The number of nitro benzene ring substituents is 1. The first kappa shape index (κ1) is 15.6. The van der Waals surface area contributed by atoms with Crippen LogP contribution in [0.5, 0.6) is 0 Å². The standard InChI is InChI=1S/C12H16BrN3O3/c1-12(2,3)10(14)11(17)15-7-4-5-9(16(18)19)8(13)6-7/h4-6,10H,14H2,1-3H3,(H,15,17)/t10-/m1/s1. The number of nitrogens with one attached hydrogen (secondary N) is 1. The summed E-state index contributed by atoms with van der Waals surface area (Å²) in [7, 11) is 0. The summed E-state index contributed by atoms with van der Waals surface area (Å²) in [5, 5.41) is 13.3. The summed E-state index contributed by atoms with van der Waals surface area (Å²) in [6.45, 7) is 5.59. The Kier molecular flexibility index (Phi) is 4.65.